The first-order valence-electron chi connectivity index (χ1n) is 7.26. The van der Waals surface area contributed by atoms with Gasteiger partial charge in [-0.2, -0.15) is 0 Å². The first-order chi connectivity index (χ1) is 9.79. The third-order valence-corrected chi connectivity index (χ3v) is 3.46. The molecule has 1 aromatic carbocycles. The van der Waals surface area contributed by atoms with E-state index in [0.717, 1.165) is 18.8 Å². The number of rotatable bonds is 7. The van der Waals surface area contributed by atoms with Crippen LogP contribution in [-0.2, 0) is 4.79 Å². The van der Waals surface area contributed by atoms with Crippen molar-refractivity contribution >= 4 is 17.3 Å². The van der Waals surface area contributed by atoms with Crippen molar-refractivity contribution in [2.24, 2.45) is 0 Å². The Kier molecular flexibility index (Phi) is 5.47. The van der Waals surface area contributed by atoms with Gasteiger partial charge in [0, 0.05) is 44.0 Å². The molecule has 0 unspecified atom stereocenters. The Hall–Kier alpha value is -1.97. The minimum absolute atomic E-state index is 0.0473. The van der Waals surface area contributed by atoms with E-state index in [1.807, 2.05) is 0 Å². The molecule has 4 nitrogen and oxygen atoms in total. The van der Waals surface area contributed by atoms with Crippen LogP contribution in [0.2, 0.25) is 0 Å². The molecule has 1 heterocycles. The molecule has 1 aliphatic heterocycles. The van der Waals surface area contributed by atoms with E-state index in [-0.39, 0.29) is 5.91 Å². The van der Waals surface area contributed by atoms with Crippen LogP contribution in [0.5, 0.6) is 0 Å². The zero-order valence-electron chi connectivity index (χ0n) is 11.9. The molecule has 0 bridgehead atoms. The lowest BCUT2D eigenvalue weighted by atomic mass is 10.2. The predicted octanol–water partition coefficient (Wildman–Crippen LogP) is 2.39. The molecule has 20 heavy (non-hydrogen) atoms. The second kappa shape index (κ2) is 7.58. The molecule has 2 rings (SSSR count). The van der Waals surface area contributed by atoms with Gasteiger partial charge < -0.3 is 15.5 Å². The maximum Gasteiger partial charge on any atom is 0.222 e. The molecule has 2 N–H and O–H groups in total. The van der Waals surface area contributed by atoms with Gasteiger partial charge in [-0.3, -0.25) is 4.79 Å². The summed E-state index contributed by atoms with van der Waals surface area (Å²) in [4.78, 5) is 13.8. The second-order valence-corrected chi connectivity index (χ2v) is 5.01. The van der Waals surface area contributed by atoms with Crippen molar-refractivity contribution in [3.8, 4) is 0 Å². The SMILES string of the molecule is C=CCNC(=O)CCNc1ccc(N2CCCC2)cc1. The molecular weight excluding hydrogens is 250 g/mol. The molecule has 0 atom stereocenters. The Bertz CT molecular complexity index is 436. The van der Waals surface area contributed by atoms with E-state index in [0.29, 0.717) is 19.5 Å². The fraction of sp³-hybridized carbons (Fsp3) is 0.438. The molecule has 4 heteroatoms. The molecular formula is C16H23N3O. The summed E-state index contributed by atoms with van der Waals surface area (Å²) >= 11 is 0. The normalized spacial score (nSPS) is 14.1. The van der Waals surface area contributed by atoms with Crippen LogP contribution in [0.15, 0.2) is 36.9 Å². The Morgan fingerprint density at radius 2 is 1.95 bits per heavy atom. The number of amides is 1. The maximum absolute atomic E-state index is 11.4. The summed E-state index contributed by atoms with van der Waals surface area (Å²) in [6.07, 6.45) is 4.74. The fourth-order valence-corrected chi connectivity index (χ4v) is 2.36. The van der Waals surface area contributed by atoms with E-state index in [1.54, 1.807) is 6.08 Å². The lowest BCUT2D eigenvalue weighted by Gasteiger charge is -2.18. The number of nitrogens with one attached hydrogen (secondary N) is 2. The zero-order chi connectivity index (χ0) is 14.2. The van der Waals surface area contributed by atoms with Gasteiger partial charge in [0.25, 0.3) is 0 Å². The quantitative estimate of drug-likeness (QED) is 0.750. The van der Waals surface area contributed by atoms with Gasteiger partial charge in [0.1, 0.15) is 0 Å². The maximum atomic E-state index is 11.4. The van der Waals surface area contributed by atoms with Crippen molar-refractivity contribution in [2.45, 2.75) is 19.3 Å². The predicted molar refractivity (Wildman–Crippen MR) is 84.2 cm³/mol. The lowest BCUT2D eigenvalue weighted by molar-refractivity contribution is -0.120. The largest absolute Gasteiger partial charge is 0.385 e. The monoisotopic (exact) mass is 273 g/mol. The Labute approximate surface area is 120 Å². The highest BCUT2D eigenvalue weighted by Gasteiger charge is 2.11. The average molecular weight is 273 g/mol. The first kappa shape index (κ1) is 14.4. The molecule has 0 aliphatic carbocycles. The summed E-state index contributed by atoms with van der Waals surface area (Å²) in [5.74, 6) is 0.0473. The minimum Gasteiger partial charge on any atom is -0.385 e. The third-order valence-electron chi connectivity index (χ3n) is 3.46. The van der Waals surface area contributed by atoms with Crippen molar-refractivity contribution < 1.29 is 4.79 Å². The van der Waals surface area contributed by atoms with Crippen LogP contribution < -0.4 is 15.5 Å². The van der Waals surface area contributed by atoms with Crippen molar-refractivity contribution in [2.75, 3.05) is 36.4 Å². The number of carbonyl (C=O) groups excluding carboxylic acids is 1. The summed E-state index contributed by atoms with van der Waals surface area (Å²) in [6, 6.07) is 8.45. The van der Waals surface area contributed by atoms with Gasteiger partial charge in [-0.25, -0.2) is 0 Å². The number of hydrogen-bond acceptors (Lipinski definition) is 3. The topological polar surface area (TPSA) is 44.4 Å². The standard InChI is InChI=1S/C16H23N3O/c1-2-10-18-16(20)9-11-17-14-5-7-15(8-6-14)19-12-3-4-13-19/h2,5-8,17H,1,3-4,9-13H2,(H,18,20). The van der Waals surface area contributed by atoms with Gasteiger partial charge in [0.15, 0.2) is 0 Å². The number of nitrogens with zero attached hydrogens (tertiary/aromatic N) is 1. The Morgan fingerprint density at radius 3 is 2.60 bits per heavy atom. The van der Waals surface area contributed by atoms with Crippen LogP contribution >= 0.6 is 0 Å². The molecule has 1 fully saturated rings. The van der Waals surface area contributed by atoms with E-state index in [9.17, 15) is 4.79 Å². The zero-order valence-corrected chi connectivity index (χ0v) is 11.9. The molecule has 0 radical (unpaired) electrons. The summed E-state index contributed by atoms with van der Waals surface area (Å²) in [6.45, 7) is 7.07. The Morgan fingerprint density at radius 1 is 1.25 bits per heavy atom. The highest BCUT2D eigenvalue weighted by atomic mass is 16.1. The lowest BCUT2D eigenvalue weighted by Crippen LogP contribution is -2.25. The number of anilines is 2. The van der Waals surface area contributed by atoms with Gasteiger partial charge in [0.05, 0.1) is 0 Å². The van der Waals surface area contributed by atoms with E-state index in [1.165, 1.54) is 18.5 Å². The smallest absolute Gasteiger partial charge is 0.222 e. The van der Waals surface area contributed by atoms with E-state index < -0.39 is 0 Å². The molecule has 0 aromatic heterocycles. The molecule has 1 amide bonds. The second-order valence-electron chi connectivity index (χ2n) is 5.01. The van der Waals surface area contributed by atoms with Crippen LogP contribution in [0.25, 0.3) is 0 Å². The molecule has 1 aliphatic rings. The van der Waals surface area contributed by atoms with Crippen LogP contribution in [0.1, 0.15) is 19.3 Å². The van der Waals surface area contributed by atoms with Gasteiger partial charge >= 0.3 is 0 Å². The molecule has 108 valence electrons. The fourth-order valence-electron chi connectivity index (χ4n) is 2.36. The highest BCUT2D eigenvalue weighted by molar-refractivity contribution is 5.76. The van der Waals surface area contributed by atoms with Gasteiger partial charge in [-0.1, -0.05) is 6.08 Å². The summed E-state index contributed by atoms with van der Waals surface area (Å²) < 4.78 is 0. The number of hydrogen-bond donors (Lipinski definition) is 2. The first-order valence-corrected chi connectivity index (χ1v) is 7.26. The summed E-state index contributed by atoms with van der Waals surface area (Å²) in [7, 11) is 0. The third kappa shape index (κ3) is 4.30. The molecule has 1 aromatic rings. The molecule has 0 saturated carbocycles. The number of carbonyl (C=O) groups is 1. The summed E-state index contributed by atoms with van der Waals surface area (Å²) in [5, 5.41) is 6.03. The molecule has 1 saturated heterocycles. The van der Waals surface area contributed by atoms with Crippen molar-refractivity contribution in [3.05, 3.63) is 36.9 Å². The van der Waals surface area contributed by atoms with Crippen molar-refractivity contribution in [1.82, 2.24) is 5.32 Å². The average Bonchev–Trinajstić information content (AvgIpc) is 3.00. The van der Waals surface area contributed by atoms with Crippen LogP contribution in [0.4, 0.5) is 11.4 Å². The number of benzene rings is 1. The van der Waals surface area contributed by atoms with Gasteiger partial charge in [-0.15, -0.1) is 6.58 Å². The van der Waals surface area contributed by atoms with Crippen LogP contribution in [-0.4, -0.2) is 32.1 Å². The van der Waals surface area contributed by atoms with Crippen LogP contribution in [0, 0.1) is 0 Å². The van der Waals surface area contributed by atoms with Crippen molar-refractivity contribution in [1.29, 1.82) is 0 Å². The van der Waals surface area contributed by atoms with Crippen molar-refractivity contribution in [3.63, 3.8) is 0 Å². The van der Waals surface area contributed by atoms with E-state index in [4.69, 9.17) is 0 Å². The van der Waals surface area contributed by atoms with E-state index >= 15 is 0 Å². The summed E-state index contributed by atoms with van der Waals surface area (Å²) in [5.41, 5.74) is 2.35. The van der Waals surface area contributed by atoms with Gasteiger partial charge in [0.2, 0.25) is 5.91 Å². The highest BCUT2D eigenvalue weighted by Crippen LogP contribution is 2.21. The Balaban J connectivity index is 1.73. The van der Waals surface area contributed by atoms with Crippen LogP contribution in [0.3, 0.4) is 0 Å². The minimum atomic E-state index is 0.0473. The van der Waals surface area contributed by atoms with E-state index in [2.05, 4.69) is 46.4 Å². The molecule has 0 spiro atoms. The van der Waals surface area contributed by atoms with Gasteiger partial charge in [-0.05, 0) is 37.1 Å².